The number of benzene rings is 1. The van der Waals surface area contributed by atoms with Gasteiger partial charge in [-0.25, -0.2) is 0 Å². The normalized spacial score (nSPS) is 15.0. The number of aromatic amines is 1. The molecule has 1 amide bonds. The minimum atomic E-state index is -1.52. The van der Waals surface area contributed by atoms with E-state index in [1.165, 1.54) is 6.92 Å². The lowest BCUT2D eigenvalue weighted by Crippen LogP contribution is -2.48. The van der Waals surface area contributed by atoms with E-state index in [1.807, 2.05) is 44.2 Å². The van der Waals surface area contributed by atoms with Crippen molar-refractivity contribution in [3.05, 3.63) is 46.5 Å². The Morgan fingerprint density at radius 1 is 1.48 bits per heavy atom. The lowest BCUT2D eigenvalue weighted by atomic mass is 9.84. The zero-order valence-electron chi connectivity index (χ0n) is 13.5. The fourth-order valence-electron chi connectivity index (χ4n) is 2.41. The number of rotatable bonds is 6. The molecule has 1 aromatic carbocycles. The number of aliphatic hydroxyl groups is 1. The van der Waals surface area contributed by atoms with E-state index in [0.717, 1.165) is 5.56 Å². The molecule has 0 aliphatic heterocycles. The van der Waals surface area contributed by atoms with E-state index in [4.69, 9.17) is 12.2 Å². The van der Waals surface area contributed by atoms with Crippen LogP contribution in [0.25, 0.3) is 0 Å². The molecule has 0 unspecified atom stereocenters. The van der Waals surface area contributed by atoms with Crippen LogP contribution < -0.4 is 5.32 Å². The van der Waals surface area contributed by atoms with Gasteiger partial charge < -0.3 is 15.0 Å². The first-order valence-electron chi connectivity index (χ1n) is 7.57. The summed E-state index contributed by atoms with van der Waals surface area (Å²) in [5.41, 5.74) is -0.616. The van der Waals surface area contributed by atoms with Crippen LogP contribution in [0.1, 0.15) is 38.1 Å². The number of carbonyl (C=O) groups excluding carboxylic acids is 1. The largest absolute Gasteiger partial charge is 0.380 e. The summed E-state index contributed by atoms with van der Waals surface area (Å²) in [4.78, 5) is 12.4. The Labute approximate surface area is 140 Å². The van der Waals surface area contributed by atoms with Crippen LogP contribution in [0.15, 0.2) is 30.3 Å². The lowest BCUT2D eigenvalue weighted by molar-refractivity contribution is -0.140. The summed E-state index contributed by atoms with van der Waals surface area (Å²) in [6, 6.07) is 9.47. The first kappa shape index (κ1) is 17.4. The molecule has 7 heteroatoms. The highest BCUT2D eigenvalue weighted by molar-refractivity contribution is 7.71. The van der Waals surface area contributed by atoms with Crippen molar-refractivity contribution in [1.29, 1.82) is 0 Å². The van der Waals surface area contributed by atoms with E-state index in [9.17, 15) is 9.90 Å². The maximum absolute atomic E-state index is 12.4. The third-order valence-corrected chi connectivity index (χ3v) is 4.47. The van der Waals surface area contributed by atoms with Gasteiger partial charge in [0.1, 0.15) is 5.60 Å². The second kappa shape index (κ2) is 7.06. The van der Waals surface area contributed by atoms with Crippen LogP contribution in [0, 0.1) is 4.77 Å². The molecule has 124 valence electrons. The molecule has 3 N–H and O–H groups in total. The Kier molecular flexibility index (Phi) is 5.33. The molecule has 6 nitrogen and oxygen atoms in total. The Morgan fingerprint density at radius 3 is 2.74 bits per heavy atom. The van der Waals surface area contributed by atoms with Crippen molar-refractivity contribution in [3.8, 4) is 0 Å². The summed E-state index contributed by atoms with van der Waals surface area (Å²) in [6.07, 6.45) is 0. The molecule has 1 heterocycles. The molecule has 2 rings (SSSR count). The molecule has 0 aliphatic rings. The zero-order valence-corrected chi connectivity index (χ0v) is 14.4. The molecular formula is C16H22N4O2S. The first-order valence-corrected chi connectivity index (χ1v) is 7.98. The van der Waals surface area contributed by atoms with Crippen LogP contribution in [0.5, 0.6) is 0 Å². The predicted molar refractivity (Wildman–Crippen MR) is 90.4 cm³/mol. The fraction of sp³-hybridized carbons (Fsp3) is 0.438. The van der Waals surface area contributed by atoms with Gasteiger partial charge in [0.2, 0.25) is 0 Å². The molecule has 0 bridgehead atoms. The number of H-pyrrole nitrogens is 1. The molecule has 23 heavy (non-hydrogen) atoms. The number of nitrogens with one attached hydrogen (secondary N) is 2. The van der Waals surface area contributed by atoms with Crippen LogP contribution in [0.3, 0.4) is 0 Å². The van der Waals surface area contributed by atoms with Gasteiger partial charge in [-0.3, -0.25) is 9.89 Å². The van der Waals surface area contributed by atoms with Gasteiger partial charge in [0.05, 0.1) is 6.54 Å². The van der Waals surface area contributed by atoms with E-state index in [1.54, 1.807) is 4.57 Å². The van der Waals surface area contributed by atoms with E-state index in [-0.39, 0.29) is 12.5 Å². The molecule has 2 aromatic rings. The summed E-state index contributed by atoms with van der Waals surface area (Å²) in [5, 5.41) is 20.2. The molecule has 0 aliphatic carbocycles. The average molecular weight is 334 g/mol. The highest BCUT2D eigenvalue weighted by Gasteiger charge is 2.37. The van der Waals surface area contributed by atoms with Gasteiger partial charge in [0.25, 0.3) is 5.91 Å². The van der Waals surface area contributed by atoms with Crippen molar-refractivity contribution >= 4 is 18.1 Å². The fourth-order valence-corrected chi connectivity index (χ4v) is 2.69. The molecule has 0 radical (unpaired) electrons. The van der Waals surface area contributed by atoms with Gasteiger partial charge in [-0.05, 0) is 31.6 Å². The van der Waals surface area contributed by atoms with Crippen LogP contribution >= 0.6 is 12.2 Å². The van der Waals surface area contributed by atoms with Gasteiger partial charge in [-0.2, -0.15) is 5.10 Å². The number of nitrogens with zero attached hydrogens (tertiary/aromatic N) is 2. The van der Waals surface area contributed by atoms with Crippen molar-refractivity contribution in [1.82, 2.24) is 20.1 Å². The smallest absolute Gasteiger partial charge is 0.252 e. The summed E-state index contributed by atoms with van der Waals surface area (Å²) in [5.74, 6) is -0.143. The number of aromatic nitrogens is 3. The van der Waals surface area contributed by atoms with Crippen LogP contribution in [0.2, 0.25) is 0 Å². The van der Waals surface area contributed by atoms with Crippen LogP contribution in [0.4, 0.5) is 0 Å². The Hall–Kier alpha value is -1.99. The number of hydrogen-bond acceptors (Lipinski definition) is 4. The first-order chi connectivity index (χ1) is 10.9. The maximum Gasteiger partial charge on any atom is 0.252 e. The maximum atomic E-state index is 12.4. The Bertz CT molecular complexity index is 721. The molecule has 1 aromatic heterocycles. The molecule has 0 saturated carbocycles. The third-order valence-electron chi connectivity index (χ3n) is 4.16. The minimum absolute atomic E-state index is 0.206. The van der Waals surface area contributed by atoms with Gasteiger partial charge in [0, 0.05) is 12.5 Å². The summed E-state index contributed by atoms with van der Waals surface area (Å²) in [7, 11) is 0. The molecule has 0 spiro atoms. The van der Waals surface area contributed by atoms with Crippen LogP contribution in [-0.4, -0.2) is 31.4 Å². The topological polar surface area (TPSA) is 82.9 Å². The van der Waals surface area contributed by atoms with Crippen molar-refractivity contribution in [3.63, 3.8) is 0 Å². The molecule has 2 atom stereocenters. The zero-order chi connectivity index (χ0) is 17.0. The van der Waals surface area contributed by atoms with Crippen molar-refractivity contribution in [2.45, 2.75) is 45.4 Å². The van der Waals surface area contributed by atoms with E-state index in [0.29, 0.717) is 17.1 Å². The van der Waals surface area contributed by atoms with Crippen LogP contribution in [-0.2, 0) is 17.9 Å². The summed E-state index contributed by atoms with van der Waals surface area (Å²) < 4.78 is 2.31. The van der Waals surface area contributed by atoms with Crippen molar-refractivity contribution < 1.29 is 9.90 Å². The molecular weight excluding hydrogens is 312 g/mol. The monoisotopic (exact) mass is 334 g/mol. The third kappa shape index (κ3) is 3.68. The SMILES string of the molecule is CCn1c(CNC(=O)[C@@](C)(O)[C@H](C)c2ccccc2)n[nH]c1=S. The van der Waals surface area contributed by atoms with Gasteiger partial charge in [-0.15, -0.1) is 0 Å². The summed E-state index contributed by atoms with van der Waals surface area (Å²) in [6.45, 7) is 6.17. The van der Waals surface area contributed by atoms with Gasteiger partial charge in [0.15, 0.2) is 10.6 Å². The number of amides is 1. The predicted octanol–water partition coefficient (Wildman–Crippen LogP) is 2.13. The van der Waals surface area contributed by atoms with E-state index < -0.39 is 11.5 Å². The Balaban J connectivity index is 2.08. The van der Waals surface area contributed by atoms with E-state index in [2.05, 4.69) is 15.5 Å². The average Bonchev–Trinajstić information content (AvgIpc) is 2.92. The van der Waals surface area contributed by atoms with Crippen molar-refractivity contribution in [2.24, 2.45) is 0 Å². The lowest BCUT2D eigenvalue weighted by Gasteiger charge is -2.29. The van der Waals surface area contributed by atoms with Gasteiger partial charge >= 0.3 is 0 Å². The van der Waals surface area contributed by atoms with E-state index >= 15 is 0 Å². The van der Waals surface area contributed by atoms with Gasteiger partial charge in [-0.1, -0.05) is 37.3 Å². The highest BCUT2D eigenvalue weighted by Crippen LogP contribution is 2.27. The number of carbonyl (C=O) groups is 1. The second-order valence-electron chi connectivity index (χ2n) is 5.65. The molecule has 0 saturated heterocycles. The highest BCUT2D eigenvalue weighted by atomic mass is 32.1. The second-order valence-corrected chi connectivity index (χ2v) is 6.04. The summed E-state index contributed by atoms with van der Waals surface area (Å²) >= 11 is 5.11. The number of hydrogen-bond donors (Lipinski definition) is 3. The quantitative estimate of drug-likeness (QED) is 0.707. The standard InChI is InChI=1S/C16H22N4O2S/c1-4-20-13(18-19-15(20)23)10-17-14(21)16(3,22)11(2)12-8-6-5-7-9-12/h5-9,11,22H,4,10H2,1-3H3,(H,17,21)(H,19,23)/t11-,16+/m1/s1. The minimum Gasteiger partial charge on any atom is -0.380 e. The molecule has 0 fully saturated rings. The Morgan fingerprint density at radius 2 is 2.13 bits per heavy atom. The van der Waals surface area contributed by atoms with Crippen molar-refractivity contribution in [2.75, 3.05) is 0 Å².